The zero-order valence-corrected chi connectivity index (χ0v) is 10.2. The fraction of sp³-hybridized carbons (Fsp3) is 0.778. The first-order chi connectivity index (χ1) is 8.31. The third-order valence-electron chi connectivity index (χ3n) is 2.34. The monoisotopic (exact) mass is 286 g/mol. The van der Waals surface area contributed by atoms with Gasteiger partial charge >= 0.3 is 18.2 Å². The molecule has 1 fully saturated rings. The van der Waals surface area contributed by atoms with Crippen LogP contribution in [-0.2, 0) is 4.79 Å². The number of carbonyl (C=O) groups excluding carboxylic acids is 1. The molecule has 2 amide bonds. The average Bonchev–Trinajstić information content (AvgIpc) is 2.71. The molecule has 0 radical (unpaired) electrons. The summed E-state index contributed by atoms with van der Waals surface area (Å²) in [5, 5.41) is 11.1. The number of urea groups is 1. The zero-order chi connectivity index (χ0) is 13.8. The number of hydrogen-bond donors (Lipinski definition) is 2. The maximum absolute atomic E-state index is 11.8. The van der Waals surface area contributed by atoms with E-state index in [1.807, 2.05) is 0 Å². The molecule has 0 spiro atoms. The van der Waals surface area contributed by atoms with E-state index in [-0.39, 0.29) is 18.8 Å². The smallest absolute Gasteiger partial charge is 0.389 e. The van der Waals surface area contributed by atoms with E-state index in [1.54, 1.807) is 0 Å². The van der Waals surface area contributed by atoms with Gasteiger partial charge in [-0.15, -0.1) is 11.8 Å². The van der Waals surface area contributed by atoms with E-state index in [1.165, 1.54) is 11.8 Å². The van der Waals surface area contributed by atoms with Crippen LogP contribution in [-0.4, -0.2) is 52.4 Å². The van der Waals surface area contributed by atoms with Crippen molar-refractivity contribution >= 4 is 23.8 Å². The summed E-state index contributed by atoms with van der Waals surface area (Å²) in [4.78, 5) is 23.4. The van der Waals surface area contributed by atoms with Gasteiger partial charge in [0.1, 0.15) is 6.04 Å². The molecule has 1 rings (SSSR count). The number of rotatable bonds is 4. The molecule has 1 aliphatic heterocycles. The molecule has 0 bridgehead atoms. The van der Waals surface area contributed by atoms with Crippen LogP contribution in [0.15, 0.2) is 0 Å². The lowest BCUT2D eigenvalue weighted by Gasteiger charge is -2.20. The van der Waals surface area contributed by atoms with E-state index in [2.05, 4.69) is 5.32 Å². The Morgan fingerprint density at radius 1 is 1.44 bits per heavy atom. The fourth-order valence-corrected chi connectivity index (χ4v) is 2.58. The Balaban J connectivity index is 2.30. The van der Waals surface area contributed by atoms with Crippen LogP contribution < -0.4 is 5.32 Å². The van der Waals surface area contributed by atoms with Gasteiger partial charge in [0, 0.05) is 18.7 Å². The molecule has 104 valence electrons. The summed E-state index contributed by atoms with van der Waals surface area (Å²) in [5.41, 5.74) is 0. The van der Waals surface area contributed by atoms with E-state index in [9.17, 15) is 22.8 Å². The molecule has 9 heteroatoms. The van der Waals surface area contributed by atoms with Crippen molar-refractivity contribution in [2.75, 3.05) is 18.2 Å². The SMILES string of the molecule is O=C(O)C1CSCN1C(=O)NCCCC(F)(F)F. The Kier molecular flexibility index (Phi) is 5.12. The van der Waals surface area contributed by atoms with Crippen molar-refractivity contribution in [3.63, 3.8) is 0 Å². The first kappa shape index (κ1) is 14.9. The lowest BCUT2D eigenvalue weighted by atomic mass is 10.3. The molecule has 18 heavy (non-hydrogen) atoms. The quantitative estimate of drug-likeness (QED) is 0.768. The highest BCUT2D eigenvalue weighted by Crippen LogP contribution is 2.22. The van der Waals surface area contributed by atoms with Crippen molar-refractivity contribution in [2.24, 2.45) is 0 Å². The Labute approximate surface area is 106 Å². The van der Waals surface area contributed by atoms with Gasteiger partial charge < -0.3 is 15.3 Å². The van der Waals surface area contributed by atoms with Gasteiger partial charge in [0.05, 0.1) is 5.88 Å². The molecule has 0 saturated carbocycles. The number of carbonyl (C=O) groups is 2. The predicted octanol–water partition coefficient (Wildman–Crippen LogP) is 1.50. The Hall–Kier alpha value is -1.12. The van der Waals surface area contributed by atoms with Gasteiger partial charge in [-0.25, -0.2) is 9.59 Å². The molecule has 5 nitrogen and oxygen atoms in total. The minimum atomic E-state index is -4.24. The second-order valence-electron chi connectivity index (χ2n) is 3.77. The van der Waals surface area contributed by atoms with Crippen LogP contribution in [0.1, 0.15) is 12.8 Å². The molecule has 0 aromatic rings. The molecule has 0 aromatic heterocycles. The van der Waals surface area contributed by atoms with Crippen LogP contribution in [0.4, 0.5) is 18.0 Å². The van der Waals surface area contributed by atoms with E-state index >= 15 is 0 Å². The van der Waals surface area contributed by atoms with Gasteiger partial charge in [-0.05, 0) is 6.42 Å². The molecule has 1 heterocycles. The Morgan fingerprint density at radius 2 is 2.11 bits per heavy atom. The maximum Gasteiger partial charge on any atom is 0.389 e. The van der Waals surface area contributed by atoms with Crippen LogP contribution in [0.5, 0.6) is 0 Å². The molecular formula is C9H13F3N2O3S. The second kappa shape index (κ2) is 6.17. The molecule has 0 aromatic carbocycles. The second-order valence-corrected chi connectivity index (χ2v) is 4.77. The van der Waals surface area contributed by atoms with Gasteiger partial charge in [0.15, 0.2) is 0 Å². The maximum atomic E-state index is 11.8. The summed E-state index contributed by atoms with van der Waals surface area (Å²) in [5.74, 6) is -0.571. The number of nitrogens with zero attached hydrogens (tertiary/aromatic N) is 1. The van der Waals surface area contributed by atoms with E-state index in [0.717, 1.165) is 4.90 Å². The first-order valence-electron chi connectivity index (χ1n) is 5.23. The fourth-order valence-electron chi connectivity index (χ4n) is 1.43. The van der Waals surface area contributed by atoms with Crippen LogP contribution in [0, 0.1) is 0 Å². The number of carboxylic acids is 1. The van der Waals surface area contributed by atoms with E-state index < -0.39 is 30.6 Å². The largest absolute Gasteiger partial charge is 0.480 e. The van der Waals surface area contributed by atoms with Crippen LogP contribution in [0.2, 0.25) is 0 Å². The highest BCUT2D eigenvalue weighted by atomic mass is 32.2. The summed E-state index contributed by atoms with van der Waals surface area (Å²) in [6.07, 6.45) is -5.42. The average molecular weight is 286 g/mol. The van der Waals surface area contributed by atoms with Crippen molar-refractivity contribution in [2.45, 2.75) is 25.1 Å². The van der Waals surface area contributed by atoms with Gasteiger partial charge in [-0.3, -0.25) is 0 Å². The van der Waals surface area contributed by atoms with Gasteiger partial charge in [0.2, 0.25) is 0 Å². The molecule has 1 saturated heterocycles. The Bertz CT molecular complexity index is 325. The summed E-state index contributed by atoms with van der Waals surface area (Å²) in [7, 11) is 0. The number of alkyl halides is 3. The first-order valence-corrected chi connectivity index (χ1v) is 6.38. The number of hydrogen-bond acceptors (Lipinski definition) is 3. The van der Waals surface area contributed by atoms with Crippen LogP contribution in [0.25, 0.3) is 0 Å². The normalized spacial score (nSPS) is 19.9. The number of amides is 2. The number of aliphatic carboxylic acids is 1. The van der Waals surface area contributed by atoms with Gasteiger partial charge in [-0.2, -0.15) is 13.2 Å². The van der Waals surface area contributed by atoms with Gasteiger partial charge in [0.25, 0.3) is 0 Å². The third-order valence-corrected chi connectivity index (χ3v) is 3.35. The van der Waals surface area contributed by atoms with Crippen LogP contribution in [0.3, 0.4) is 0 Å². The number of nitrogens with one attached hydrogen (secondary N) is 1. The zero-order valence-electron chi connectivity index (χ0n) is 9.37. The van der Waals surface area contributed by atoms with E-state index in [0.29, 0.717) is 5.75 Å². The van der Waals surface area contributed by atoms with Gasteiger partial charge in [-0.1, -0.05) is 0 Å². The molecular weight excluding hydrogens is 273 g/mol. The lowest BCUT2D eigenvalue weighted by molar-refractivity contribution is -0.140. The molecule has 1 atom stereocenters. The lowest BCUT2D eigenvalue weighted by Crippen LogP contribution is -2.47. The minimum absolute atomic E-state index is 0.119. The summed E-state index contributed by atoms with van der Waals surface area (Å²) >= 11 is 1.29. The van der Waals surface area contributed by atoms with E-state index in [4.69, 9.17) is 5.11 Å². The predicted molar refractivity (Wildman–Crippen MR) is 59.3 cm³/mol. The van der Waals surface area contributed by atoms with Crippen LogP contribution >= 0.6 is 11.8 Å². The minimum Gasteiger partial charge on any atom is -0.480 e. The number of halogens is 3. The van der Waals surface area contributed by atoms with Crippen molar-refractivity contribution < 1.29 is 27.9 Å². The third kappa shape index (κ3) is 4.63. The summed E-state index contributed by atoms with van der Waals surface area (Å²) in [6, 6.07) is -1.54. The number of carboxylic acid groups (broad SMARTS) is 1. The van der Waals surface area contributed by atoms with Crippen molar-refractivity contribution in [1.29, 1.82) is 0 Å². The summed E-state index contributed by atoms with van der Waals surface area (Å²) < 4.78 is 35.5. The molecule has 2 N–H and O–H groups in total. The number of thioether (sulfide) groups is 1. The Morgan fingerprint density at radius 3 is 2.67 bits per heavy atom. The molecule has 1 aliphatic rings. The summed E-state index contributed by atoms with van der Waals surface area (Å²) in [6.45, 7) is -0.119. The standard InChI is InChI=1S/C9H13F3N2O3S/c10-9(11,12)2-1-3-13-8(17)14-5-18-4-6(14)7(15)16/h6H,1-5H2,(H,13,17)(H,15,16). The highest BCUT2D eigenvalue weighted by Gasteiger charge is 2.34. The highest BCUT2D eigenvalue weighted by molar-refractivity contribution is 7.99. The molecule has 1 unspecified atom stereocenters. The van der Waals surface area contributed by atoms with Crippen molar-refractivity contribution in [1.82, 2.24) is 10.2 Å². The topological polar surface area (TPSA) is 69.6 Å². The van der Waals surface area contributed by atoms with Crippen molar-refractivity contribution in [3.05, 3.63) is 0 Å². The van der Waals surface area contributed by atoms with Crippen molar-refractivity contribution in [3.8, 4) is 0 Å². The molecule has 0 aliphatic carbocycles.